The summed E-state index contributed by atoms with van der Waals surface area (Å²) in [6.07, 6.45) is 2.21. The molecule has 1 aromatic carbocycles. The molecule has 3 nitrogen and oxygen atoms in total. The van der Waals surface area contributed by atoms with Crippen LogP contribution in [0.4, 0.5) is 5.69 Å². The highest BCUT2D eigenvalue weighted by Gasteiger charge is 2.14. The minimum Gasteiger partial charge on any atom is -0.384 e. The van der Waals surface area contributed by atoms with E-state index in [0.29, 0.717) is 0 Å². The van der Waals surface area contributed by atoms with E-state index >= 15 is 0 Å². The van der Waals surface area contributed by atoms with E-state index in [0.717, 1.165) is 37.2 Å². The molecule has 0 atom stereocenters. The van der Waals surface area contributed by atoms with E-state index < -0.39 is 0 Å². The fraction of sp³-hybridized carbons (Fsp3) is 0.500. The van der Waals surface area contributed by atoms with Gasteiger partial charge in [0.15, 0.2) is 0 Å². The quantitative estimate of drug-likeness (QED) is 0.586. The minimum atomic E-state index is 0.154. The largest absolute Gasteiger partial charge is 0.384 e. The zero-order valence-electron chi connectivity index (χ0n) is 11.1. The molecule has 0 bridgehead atoms. The van der Waals surface area contributed by atoms with Crippen LogP contribution >= 0.6 is 0 Å². The Morgan fingerprint density at radius 3 is 2.29 bits per heavy atom. The number of hydrogen-bond donors (Lipinski definition) is 2. The maximum Gasteiger partial charge on any atom is 0.124 e. The number of para-hydroxylation sites is 1. The lowest BCUT2D eigenvalue weighted by Gasteiger charge is -2.27. The van der Waals surface area contributed by atoms with Crippen molar-refractivity contribution in [2.24, 2.45) is 5.73 Å². The fourth-order valence-electron chi connectivity index (χ4n) is 2.17. The zero-order valence-corrected chi connectivity index (χ0v) is 11.1. The van der Waals surface area contributed by atoms with Crippen LogP contribution < -0.4 is 10.6 Å². The van der Waals surface area contributed by atoms with E-state index in [4.69, 9.17) is 11.1 Å². The van der Waals surface area contributed by atoms with Gasteiger partial charge in [-0.05, 0) is 31.4 Å². The Labute approximate surface area is 104 Å². The minimum absolute atomic E-state index is 0.154. The Balaban J connectivity index is 3.19. The van der Waals surface area contributed by atoms with E-state index in [2.05, 4.69) is 31.7 Å². The van der Waals surface area contributed by atoms with Crippen molar-refractivity contribution in [3.63, 3.8) is 0 Å². The van der Waals surface area contributed by atoms with Gasteiger partial charge >= 0.3 is 0 Å². The standard InChI is InChI=1S/C14H23N3/c1-4-9-17(10-5-2)13-11(3)7-6-8-12(13)14(15)16/h6-8H,4-5,9-10H2,1-3H3,(H3,15,16). The van der Waals surface area contributed by atoms with Crippen LogP contribution in [0.15, 0.2) is 18.2 Å². The Bertz CT molecular complexity index is 379. The second kappa shape index (κ2) is 6.28. The van der Waals surface area contributed by atoms with E-state index in [1.54, 1.807) is 0 Å². The highest BCUT2D eigenvalue weighted by Crippen LogP contribution is 2.25. The highest BCUT2D eigenvalue weighted by molar-refractivity contribution is 6.01. The van der Waals surface area contributed by atoms with Crippen LogP contribution in [0.1, 0.15) is 37.8 Å². The average molecular weight is 233 g/mol. The van der Waals surface area contributed by atoms with E-state index in [9.17, 15) is 0 Å². The monoisotopic (exact) mass is 233 g/mol. The molecule has 0 saturated heterocycles. The number of anilines is 1. The Kier molecular flexibility index (Phi) is 5.01. The van der Waals surface area contributed by atoms with Crippen molar-refractivity contribution >= 4 is 11.5 Å². The Morgan fingerprint density at radius 2 is 1.82 bits per heavy atom. The molecule has 0 aromatic heterocycles. The van der Waals surface area contributed by atoms with Gasteiger partial charge in [0.1, 0.15) is 5.84 Å². The van der Waals surface area contributed by atoms with Gasteiger partial charge in [0, 0.05) is 18.7 Å². The van der Waals surface area contributed by atoms with Gasteiger partial charge < -0.3 is 10.6 Å². The van der Waals surface area contributed by atoms with Crippen LogP contribution in [0, 0.1) is 12.3 Å². The molecule has 0 fully saturated rings. The second-order valence-corrected chi connectivity index (χ2v) is 4.37. The Morgan fingerprint density at radius 1 is 1.24 bits per heavy atom. The fourth-order valence-corrected chi connectivity index (χ4v) is 2.17. The third kappa shape index (κ3) is 3.22. The molecule has 0 aliphatic rings. The molecule has 0 spiro atoms. The van der Waals surface area contributed by atoms with Crippen LogP contribution in [0.2, 0.25) is 0 Å². The Hall–Kier alpha value is -1.51. The molecule has 1 aromatic rings. The summed E-state index contributed by atoms with van der Waals surface area (Å²) >= 11 is 0. The first-order chi connectivity index (χ1) is 8.11. The molecule has 3 N–H and O–H groups in total. The van der Waals surface area contributed by atoms with E-state index in [1.807, 2.05) is 12.1 Å². The molecule has 0 unspecified atom stereocenters. The van der Waals surface area contributed by atoms with Crippen LogP contribution in [-0.4, -0.2) is 18.9 Å². The van der Waals surface area contributed by atoms with Gasteiger partial charge in [-0.2, -0.15) is 0 Å². The molecule has 0 aliphatic heterocycles. The summed E-state index contributed by atoms with van der Waals surface area (Å²) in [6.45, 7) is 8.46. The molecule has 94 valence electrons. The summed E-state index contributed by atoms with van der Waals surface area (Å²) in [5, 5.41) is 7.68. The lowest BCUT2D eigenvalue weighted by atomic mass is 10.1. The van der Waals surface area contributed by atoms with Gasteiger partial charge in [0.2, 0.25) is 0 Å². The van der Waals surface area contributed by atoms with Crippen LogP contribution in [-0.2, 0) is 0 Å². The van der Waals surface area contributed by atoms with Crippen molar-refractivity contribution in [2.75, 3.05) is 18.0 Å². The number of nitrogens with two attached hydrogens (primary N) is 1. The van der Waals surface area contributed by atoms with Gasteiger partial charge in [-0.3, -0.25) is 5.41 Å². The molecular formula is C14H23N3. The third-order valence-electron chi connectivity index (χ3n) is 2.83. The molecule has 3 heteroatoms. The van der Waals surface area contributed by atoms with Crippen LogP contribution in [0.3, 0.4) is 0 Å². The van der Waals surface area contributed by atoms with Crippen molar-refractivity contribution in [2.45, 2.75) is 33.6 Å². The normalized spacial score (nSPS) is 10.3. The number of nitrogens with zero attached hydrogens (tertiary/aromatic N) is 1. The molecule has 0 aliphatic carbocycles. The van der Waals surface area contributed by atoms with Crippen molar-refractivity contribution in [3.05, 3.63) is 29.3 Å². The van der Waals surface area contributed by atoms with Gasteiger partial charge in [-0.1, -0.05) is 26.0 Å². The maximum absolute atomic E-state index is 7.68. The number of hydrogen-bond acceptors (Lipinski definition) is 2. The summed E-state index contributed by atoms with van der Waals surface area (Å²) in [7, 11) is 0. The second-order valence-electron chi connectivity index (χ2n) is 4.37. The maximum atomic E-state index is 7.68. The molecule has 0 saturated carbocycles. The van der Waals surface area contributed by atoms with Gasteiger partial charge in [-0.25, -0.2) is 0 Å². The molecule has 1 rings (SSSR count). The first kappa shape index (κ1) is 13.6. The summed E-state index contributed by atoms with van der Waals surface area (Å²) in [5.74, 6) is 0.154. The lowest BCUT2D eigenvalue weighted by molar-refractivity contribution is 0.742. The third-order valence-corrected chi connectivity index (χ3v) is 2.83. The lowest BCUT2D eigenvalue weighted by Crippen LogP contribution is -2.28. The van der Waals surface area contributed by atoms with Crippen molar-refractivity contribution in [1.82, 2.24) is 0 Å². The van der Waals surface area contributed by atoms with Crippen LogP contribution in [0.25, 0.3) is 0 Å². The van der Waals surface area contributed by atoms with Crippen LogP contribution in [0.5, 0.6) is 0 Å². The average Bonchev–Trinajstić information content (AvgIpc) is 2.28. The summed E-state index contributed by atoms with van der Waals surface area (Å²) in [4.78, 5) is 2.34. The van der Waals surface area contributed by atoms with Gasteiger partial charge in [0.25, 0.3) is 0 Å². The molecule has 0 radical (unpaired) electrons. The highest BCUT2D eigenvalue weighted by atomic mass is 15.1. The number of nitrogens with one attached hydrogen (secondary N) is 1. The first-order valence-electron chi connectivity index (χ1n) is 6.30. The predicted octanol–water partition coefficient (Wildman–Crippen LogP) is 2.91. The van der Waals surface area contributed by atoms with Gasteiger partial charge in [0.05, 0.1) is 5.69 Å². The van der Waals surface area contributed by atoms with Gasteiger partial charge in [-0.15, -0.1) is 0 Å². The van der Waals surface area contributed by atoms with Crippen molar-refractivity contribution in [3.8, 4) is 0 Å². The summed E-state index contributed by atoms with van der Waals surface area (Å²) < 4.78 is 0. The zero-order chi connectivity index (χ0) is 12.8. The smallest absolute Gasteiger partial charge is 0.124 e. The SMILES string of the molecule is CCCN(CCC)c1c(C)cccc1C(=N)N. The summed E-state index contributed by atoms with van der Waals surface area (Å²) in [6, 6.07) is 5.98. The number of nitrogen functional groups attached to an aromatic ring is 1. The number of benzene rings is 1. The number of amidine groups is 1. The number of rotatable bonds is 6. The number of aryl methyl sites for hydroxylation is 1. The molecule has 0 heterocycles. The van der Waals surface area contributed by atoms with Crippen molar-refractivity contribution in [1.29, 1.82) is 5.41 Å². The predicted molar refractivity (Wildman–Crippen MR) is 75.0 cm³/mol. The van der Waals surface area contributed by atoms with Crippen molar-refractivity contribution < 1.29 is 0 Å². The molecular weight excluding hydrogens is 210 g/mol. The molecule has 17 heavy (non-hydrogen) atoms. The van der Waals surface area contributed by atoms with E-state index in [1.165, 1.54) is 5.56 Å². The molecule has 0 amide bonds. The topological polar surface area (TPSA) is 53.1 Å². The first-order valence-corrected chi connectivity index (χ1v) is 6.30. The van der Waals surface area contributed by atoms with E-state index in [-0.39, 0.29) is 5.84 Å². The summed E-state index contributed by atoms with van der Waals surface area (Å²) in [5.41, 5.74) is 8.85.